The Kier molecular flexibility index (Phi) is 2.17. The second-order valence-corrected chi connectivity index (χ2v) is 4.41. The predicted octanol–water partition coefficient (Wildman–Crippen LogP) is 0.521. The first kappa shape index (κ1) is 10.3. The van der Waals surface area contributed by atoms with Crippen molar-refractivity contribution in [3.8, 4) is 5.88 Å². The highest BCUT2D eigenvalue weighted by Crippen LogP contribution is 2.26. The molecule has 1 N–H and O–H groups in total. The number of fused-ring (bicyclic) bond motifs is 1. The van der Waals surface area contributed by atoms with E-state index in [0.29, 0.717) is 19.5 Å². The van der Waals surface area contributed by atoms with E-state index in [0.717, 1.165) is 18.6 Å². The first-order valence-corrected chi connectivity index (χ1v) is 5.79. The van der Waals surface area contributed by atoms with Gasteiger partial charge in [-0.3, -0.25) is 14.2 Å². The fourth-order valence-electron chi connectivity index (χ4n) is 2.28. The van der Waals surface area contributed by atoms with Crippen molar-refractivity contribution in [3.05, 3.63) is 10.4 Å². The molecule has 90 valence electrons. The van der Waals surface area contributed by atoms with E-state index in [2.05, 4.69) is 11.3 Å². The van der Waals surface area contributed by atoms with Gasteiger partial charge in [0.05, 0.1) is 11.9 Å². The quantitative estimate of drug-likeness (QED) is 0.569. The largest absolute Gasteiger partial charge is 0.502 e. The minimum Gasteiger partial charge on any atom is -0.502 e. The molecule has 6 nitrogen and oxygen atoms in total. The first-order chi connectivity index (χ1) is 8.18. The summed E-state index contributed by atoms with van der Waals surface area (Å²) in [5.74, 6) is 0.000602. The van der Waals surface area contributed by atoms with Gasteiger partial charge < -0.3 is 5.11 Å². The Bertz CT molecular complexity index is 591. The number of nitrogens with zero attached hydrogens (tertiary/aromatic N) is 4. The molecule has 3 heterocycles. The average Bonchev–Trinajstić information content (AvgIpc) is 2.84. The number of hydrogen-bond donors (Lipinski definition) is 1. The third-order valence-corrected chi connectivity index (χ3v) is 3.14. The average molecular weight is 234 g/mol. The number of aromatic nitrogens is 2. The van der Waals surface area contributed by atoms with Crippen molar-refractivity contribution < 1.29 is 9.79 Å². The van der Waals surface area contributed by atoms with Crippen LogP contribution in [0, 0.1) is 0 Å². The van der Waals surface area contributed by atoms with Crippen LogP contribution in [0.25, 0.3) is 0 Å². The van der Waals surface area contributed by atoms with Crippen LogP contribution < -0.4 is 5.56 Å². The normalized spacial score (nSPS) is 18.9. The molecule has 6 heteroatoms. The summed E-state index contributed by atoms with van der Waals surface area (Å²) in [4.78, 5) is 12.2. The highest BCUT2D eigenvalue weighted by atomic mass is 16.3. The molecule has 0 saturated carbocycles. The van der Waals surface area contributed by atoms with Crippen LogP contribution in [-0.4, -0.2) is 31.1 Å². The lowest BCUT2D eigenvalue weighted by molar-refractivity contribution is -0.439. The summed E-state index contributed by atoms with van der Waals surface area (Å²) in [7, 11) is 0. The minimum atomic E-state index is -0.187. The van der Waals surface area contributed by atoms with Crippen LogP contribution in [0.2, 0.25) is 0 Å². The summed E-state index contributed by atoms with van der Waals surface area (Å²) in [6, 6.07) is 0. The lowest BCUT2D eigenvalue weighted by Gasteiger charge is -2.17. The molecule has 1 aromatic rings. The van der Waals surface area contributed by atoms with E-state index in [-0.39, 0.29) is 17.1 Å². The summed E-state index contributed by atoms with van der Waals surface area (Å²) >= 11 is 0. The van der Waals surface area contributed by atoms with E-state index in [1.165, 1.54) is 4.68 Å². The molecule has 0 aromatic carbocycles. The van der Waals surface area contributed by atoms with Crippen LogP contribution in [0.15, 0.2) is 9.90 Å². The highest BCUT2D eigenvalue weighted by Gasteiger charge is 2.24. The minimum absolute atomic E-state index is 0.000602. The molecule has 2 aliphatic rings. The van der Waals surface area contributed by atoms with Gasteiger partial charge in [-0.05, 0) is 31.3 Å². The fraction of sp³-hybridized carbons (Fsp3) is 0.545. The standard InChI is InChI=1S/C11H14N4O2/c1-8-4-7-13(12-8)9-10(16)14-5-2-3-6-15(14)11(9)17/h16H,2-6H2,1H3. The van der Waals surface area contributed by atoms with Crippen LogP contribution in [0.3, 0.4) is 0 Å². The smallest absolute Gasteiger partial charge is 0.261 e. The van der Waals surface area contributed by atoms with Crippen molar-refractivity contribution >= 4 is 17.6 Å². The molecule has 0 saturated heterocycles. The van der Waals surface area contributed by atoms with E-state index < -0.39 is 0 Å². The Morgan fingerprint density at radius 1 is 1.35 bits per heavy atom. The number of hydrazone groups is 1. The number of aromatic hydroxyl groups is 1. The molecule has 0 amide bonds. The molecule has 1 aromatic heterocycles. The summed E-state index contributed by atoms with van der Waals surface area (Å²) in [5.41, 5.74) is 0.926. The maximum absolute atomic E-state index is 12.2. The Balaban J connectivity index is 2.18. The maximum Gasteiger partial charge on any atom is 0.261 e. The zero-order chi connectivity index (χ0) is 12.0. The zero-order valence-electron chi connectivity index (χ0n) is 9.68. The summed E-state index contributed by atoms with van der Waals surface area (Å²) in [5, 5.41) is 14.3. The lowest BCUT2D eigenvalue weighted by Crippen LogP contribution is -2.27. The Hall–Kier alpha value is -1.85. The summed E-state index contributed by atoms with van der Waals surface area (Å²) < 4.78 is 4.59. The van der Waals surface area contributed by atoms with Crippen LogP contribution in [0.4, 0.5) is 5.69 Å². The molecule has 3 rings (SSSR count). The molecule has 0 bridgehead atoms. The fourth-order valence-corrected chi connectivity index (χ4v) is 2.28. The van der Waals surface area contributed by atoms with Gasteiger partial charge in [0.25, 0.3) is 5.56 Å². The second kappa shape index (κ2) is 3.58. The van der Waals surface area contributed by atoms with E-state index in [1.54, 1.807) is 9.36 Å². The third-order valence-electron chi connectivity index (χ3n) is 3.14. The predicted molar refractivity (Wildman–Crippen MR) is 62.2 cm³/mol. The van der Waals surface area contributed by atoms with Crippen molar-refractivity contribution in [1.29, 1.82) is 0 Å². The molecule has 0 aliphatic carbocycles. The van der Waals surface area contributed by atoms with Crippen molar-refractivity contribution in [2.24, 2.45) is 5.10 Å². The van der Waals surface area contributed by atoms with Crippen molar-refractivity contribution in [3.63, 3.8) is 0 Å². The van der Waals surface area contributed by atoms with Gasteiger partial charge in [0.2, 0.25) is 5.69 Å². The van der Waals surface area contributed by atoms with Gasteiger partial charge in [0.1, 0.15) is 0 Å². The number of rotatable bonds is 1. The lowest BCUT2D eigenvalue weighted by atomic mass is 10.3. The Morgan fingerprint density at radius 2 is 2.06 bits per heavy atom. The molecule has 0 spiro atoms. The maximum atomic E-state index is 12.2. The SMILES string of the molecule is CC1=N[N+](c2c(O)n3n(c2=O)CCCC3)=[C-]C1. The van der Waals surface area contributed by atoms with E-state index in [1.807, 2.05) is 6.92 Å². The van der Waals surface area contributed by atoms with E-state index >= 15 is 0 Å². The van der Waals surface area contributed by atoms with Gasteiger partial charge in [-0.1, -0.05) is 0 Å². The topological polar surface area (TPSA) is 62.5 Å². The molecule has 2 aliphatic heterocycles. The monoisotopic (exact) mass is 234 g/mol. The van der Waals surface area contributed by atoms with E-state index in [9.17, 15) is 9.90 Å². The van der Waals surface area contributed by atoms with Crippen LogP contribution in [0.1, 0.15) is 26.2 Å². The zero-order valence-corrected chi connectivity index (χ0v) is 9.68. The number of hydrogen-bond acceptors (Lipinski definition) is 3. The van der Waals surface area contributed by atoms with Gasteiger partial charge in [0, 0.05) is 13.1 Å². The summed E-state index contributed by atoms with van der Waals surface area (Å²) in [6.07, 6.45) is 5.51. The van der Waals surface area contributed by atoms with Gasteiger partial charge >= 0.3 is 0 Å². The van der Waals surface area contributed by atoms with Crippen LogP contribution in [-0.2, 0) is 13.1 Å². The van der Waals surface area contributed by atoms with Gasteiger partial charge in [-0.15, -0.1) is 0 Å². The first-order valence-electron chi connectivity index (χ1n) is 5.79. The van der Waals surface area contributed by atoms with Crippen molar-refractivity contribution in [2.45, 2.75) is 39.3 Å². The second-order valence-electron chi connectivity index (χ2n) is 4.41. The molecule has 0 radical (unpaired) electrons. The molecule has 0 atom stereocenters. The molecular formula is C11H14N4O2. The van der Waals surface area contributed by atoms with Gasteiger partial charge in [0.15, 0.2) is 5.88 Å². The molecular weight excluding hydrogens is 220 g/mol. The third kappa shape index (κ3) is 1.44. The molecule has 0 fully saturated rings. The molecule has 0 unspecified atom stereocenters. The van der Waals surface area contributed by atoms with Crippen molar-refractivity contribution in [1.82, 2.24) is 9.36 Å². The Morgan fingerprint density at radius 3 is 2.65 bits per heavy atom. The van der Waals surface area contributed by atoms with Gasteiger partial charge in [-0.2, -0.15) is 0 Å². The molecule has 17 heavy (non-hydrogen) atoms. The Labute approximate surface area is 98.1 Å². The van der Waals surface area contributed by atoms with E-state index in [4.69, 9.17) is 0 Å². The van der Waals surface area contributed by atoms with Crippen molar-refractivity contribution in [2.75, 3.05) is 0 Å². The highest BCUT2D eigenvalue weighted by molar-refractivity contribution is 5.94. The summed E-state index contributed by atoms with van der Waals surface area (Å²) in [6.45, 7) is 3.21. The van der Waals surface area contributed by atoms with Crippen LogP contribution >= 0.6 is 0 Å². The van der Waals surface area contributed by atoms with Gasteiger partial charge in [-0.25, -0.2) is 4.68 Å². The van der Waals surface area contributed by atoms with Crippen LogP contribution in [0.5, 0.6) is 5.88 Å².